The predicted octanol–water partition coefficient (Wildman–Crippen LogP) is 2.49. The first-order valence-electron chi connectivity index (χ1n) is 5.72. The molecule has 0 aliphatic rings. The maximum absolute atomic E-state index is 5.16. The molecule has 0 spiro atoms. The Morgan fingerprint density at radius 2 is 2.19 bits per heavy atom. The van der Waals surface area contributed by atoms with Gasteiger partial charge in [0.1, 0.15) is 5.01 Å². The Hall–Kier alpha value is -0.450. The lowest BCUT2D eigenvalue weighted by Crippen LogP contribution is -2.37. The van der Waals surface area contributed by atoms with E-state index in [4.69, 9.17) is 9.72 Å². The fourth-order valence-corrected chi connectivity index (χ4v) is 2.82. The van der Waals surface area contributed by atoms with Gasteiger partial charge in [-0.1, -0.05) is 6.92 Å². The second-order valence-electron chi connectivity index (χ2n) is 4.20. The lowest BCUT2D eigenvalue weighted by molar-refractivity contribution is 0.162. The van der Waals surface area contributed by atoms with Crippen molar-refractivity contribution in [2.24, 2.45) is 0 Å². The van der Waals surface area contributed by atoms with Crippen LogP contribution in [0.15, 0.2) is 0 Å². The number of nitrogens with zero attached hydrogens (tertiary/aromatic N) is 1. The van der Waals surface area contributed by atoms with Crippen molar-refractivity contribution in [3.63, 3.8) is 0 Å². The predicted molar refractivity (Wildman–Crippen MR) is 69.1 cm³/mol. The third-order valence-corrected chi connectivity index (χ3v) is 4.33. The van der Waals surface area contributed by atoms with Crippen LogP contribution in [0.2, 0.25) is 0 Å². The summed E-state index contributed by atoms with van der Waals surface area (Å²) in [5.41, 5.74) is 1.15. The quantitative estimate of drug-likeness (QED) is 0.832. The lowest BCUT2D eigenvalue weighted by Gasteiger charge is -2.26. The molecule has 92 valence electrons. The van der Waals surface area contributed by atoms with Crippen LogP contribution in [-0.4, -0.2) is 25.7 Å². The van der Waals surface area contributed by atoms with E-state index < -0.39 is 0 Å². The topological polar surface area (TPSA) is 34.1 Å². The van der Waals surface area contributed by atoms with E-state index in [2.05, 4.69) is 26.1 Å². The first kappa shape index (κ1) is 13.6. The fourth-order valence-electron chi connectivity index (χ4n) is 1.64. The molecule has 1 unspecified atom stereocenters. The SMILES string of the molecule is CCc1nc(C(C)(CCOC)NC)sc1C. The molecule has 0 amide bonds. The summed E-state index contributed by atoms with van der Waals surface area (Å²) in [5.74, 6) is 0. The molecular weight excluding hydrogens is 220 g/mol. The van der Waals surface area contributed by atoms with Crippen LogP contribution < -0.4 is 5.32 Å². The van der Waals surface area contributed by atoms with Crippen LogP contribution in [0.1, 0.15) is 35.8 Å². The van der Waals surface area contributed by atoms with Gasteiger partial charge < -0.3 is 10.1 Å². The number of ether oxygens (including phenoxy) is 1. The molecule has 1 aromatic heterocycles. The van der Waals surface area contributed by atoms with E-state index in [0.717, 1.165) is 19.4 Å². The molecule has 0 fully saturated rings. The van der Waals surface area contributed by atoms with Crippen molar-refractivity contribution in [2.45, 2.75) is 39.2 Å². The number of methoxy groups -OCH3 is 1. The highest BCUT2D eigenvalue weighted by molar-refractivity contribution is 7.11. The van der Waals surface area contributed by atoms with Crippen LogP contribution in [-0.2, 0) is 16.7 Å². The molecular formula is C12H22N2OS. The number of nitrogens with one attached hydrogen (secondary N) is 1. The van der Waals surface area contributed by atoms with Gasteiger partial charge in [0.05, 0.1) is 11.2 Å². The summed E-state index contributed by atoms with van der Waals surface area (Å²) in [5, 5.41) is 4.53. The van der Waals surface area contributed by atoms with Crippen molar-refractivity contribution in [2.75, 3.05) is 20.8 Å². The second kappa shape index (κ2) is 5.75. The maximum atomic E-state index is 5.16. The van der Waals surface area contributed by atoms with Gasteiger partial charge in [0.15, 0.2) is 0 Å². The molecule has 0 aliphatic heterocycles. The highest BCUT2D eigenvalue weighted by Gasteiger charge is 2.28. The Morgan fingerprint density at radius 1 is 1.50 bits per heavy atom. The second-order valence-corrected chi connectivity index (χ2v) is 5.40. The Labute approximate surface area is 102 Å². The van der Waals surface area contributed by atoms with Crippen LogP contribution in [0.3, 0.4) is 0 Å². The third kappa shape index (κ3) is 2.81. The monoisotopic (exact) mass is 242 g/mol. The van der Waals surface area contributed by atoms with Crippen molar-refractivity contribution < 1.29 is 4.74 Å². The molecule has 3 nitrogen and oxygen atoms in total. The van der Waals surface area contributed by atoms with E-state index in [1.807, 2.05) is 7.05 Å². The lowest BCUT2D eigenvalue weighted by atomic mass is 9.99. The van der Waals surface area contributed by atoms with Crippen LogP contribution in [0.5, 0.6) is 0 Å². The molecule has 0 saturated carbocycles. The number of thiazole rings is 1. The molecule has 1 atom stereocenters. The molecule has 4 heteroatoms. The molecule has 0 bridgehead atoms. The van der Waals surface area contributed by atoms with E-state index in [-0.39, 0.29) is 5.54 Å². The Balaban J connectivity index is 2.93. The van der Waals surface area contributed by atoms with E-state index in [1.165, 1.54) is 15.6 Å². The summed E-state index contributed by atoms with van der Waals surface area (Å²) in [7, 11) is 3.72. The molecule has 0 saturated heterocycles. The maximum Gasteiger partial charge on any atom is 0.113 e. The molecule has 16 heavy (non-hydrogen) atoms. The van der Waals surface area contributed by atoms with Crippen molar-refractivity contribution in [1.82, 2.24) is 10.3 Å². The Kier molecular flexibility index (Phi) is 4.89. The van der Waals surface area contributed by atoms with Crippen molar-refractivity contribution in [3.05, 3.63) is 15.6 Å². The summed E-state index contributed by atoms with van der Waals surface area (Å²) in [6.45, 7) is 7.23. The van der Waals surface area contributed by atoms with Gasteiger partial charge in [-0.25, -0.2) is 4.98 Å². The molecule has 0 radical (unpaired) electrons. The smallest absolute Gasteiger partial charge is 0.113 e. The van der Waals surface area contributed by atoms with Crippen LogP contribution >= 0.6 is 11.3 Å². The minimum Gasteiger partial charge on any atom is -0.385 e. The zero-order valence-corrected chi connectivity index (χ0v) is 11.7. The zero-order chi connectivity index (χ0) is 12.2. The number of hydrogen-bond donors (Lipinski definition) is 1. The van der Waals surface area contributed by atoms with Gasteiger partial charge in [-0.15, -0.1) is 11.3 Å². The number of aryl methyl sites for hydroxylation is 2. The molecule has 1 heterocycles. The Morgan fingerprint density at radius 3 is 2.62 bits per heavy atom. The van der Waals surface area contributed by atoms with Gasteiger partial charge in [-0.3, -0.25) is 0 Å². The molecule has 1 N–H and O–H groups in total. The van der Waals surface area contributed by atoms with E-state index in [1.54, 1.807) is 18.4 Å². The highest BCUT2D eigenvalue weighted by Crippen LogP contribution is 2.30. The van der Waals surface area contributed by atoms with Gasteiger partial charge >= 0.3 is 0 Å². The van der Waals surface area contributed by atoms with Gasteiger partial charge in [0, 0.05) is 18.6 Å². The summed E-state index contributed by atoms with van der Waals surface area (Å²) in [6, 6.07) is 0. The Bertz CT molecular complexity index is 338. The van der Waals surface area contributed by atoms with Crippen molar-refractivity contribution in [1.29, 1.82) is 0 Å². The fraction of sp³-hybridized carbons (Fsp3) is 0.750. The van der Waals surface area contributed by atoms with Crippen LogP contribution in [0.4, 0.5) is 0 Å². The summed E-state index contributed by atoms with van der Waals surface area (Å²) >= 11 is 1.79. The zero-order valence-electron chi connectivity index (χ0n) is 10.9. The number of aromatic nitrogens is 1. The average molecular weight is 242 g/mol. The largest absolute Gasteiger partial charge is 0.385 e. The van der Waals surface area contributed by atoms with E-state index in [9.17, 15) is 0 Å². The summed E-state index contributed by atoms with van der Waals surface area (Å²) < 4.78 is 5.16. The standard InChI is InChI=1S/C12H22N2OS/c1-6-10-9(2)16-11(14-10)12(3,13-4)7-8-15-5/h13H,6-8H2,1-5H3. The van der Waals surface area contributed by atoms with Crippen LogP contribution in [0, 0.1) is 6.92 Å². The molecule has 0 aromatic carbocycles. The normalized spacial score (nSPS) is 15.1. The minimum absolute atomic E-state index is 0.0706. The summed E-state index contributed by atoms with van der Waals surface area (Å²) in [4.78, 5) is 6.05. The van der Waals surface area contributed by atoms with Crippen molar-refractivity contribution >= 4 is 11.3 Å². The van der Waals surface area contributed by atoms with Gasteiger partial charge in [-0.2, -0.15) is 0 Å². The molecule has 1 rings (SSSR count). The summed E-state index contributed by atoms with van der Waals surface area (Å²) in [6.07, 6.45) is 1.95. The van der Waals surface area contributed by atoms with Gasteiger partial charge in [0.25, 0.3) is 0 Å². The van der Waals surface area contributed by atoms with Crippen molar-refractivity contribution in [3.8, 4) is 0 Å². The molecule has 0 aliphatic carbocycles. The third-order valence-electron chi connectivity index (χ3n) is 3.06. The first-order valence-corrected chi connectivity index (χ1v) is 6.53. The van der Waals surface area contributed by atoms with Crippen LogP contribution in [0.25, 0.3) is 0 Å². The first-order chi connectivity index (χ1) is 7.57. The minimum atomic E-state index is -0.0706. The van der Waals surface area contributed by atoms with E-state index in [0.29, 0.717) is 0 Å². The van der Waals surface area contributed by atoms with Gasteiger partial charge in [-0.05, 0) is 33.7 Å². The number of hydrogen-bond acceptors (Lipinski definition) is 4. The van der Waals surface area contributed by atoms with E-state index >= 15 is 0 Å². The average Bonchev–Trinajstić information content (AvgIpc) is 2.68. The number of rotatable bonds is 6. The highest BCUT2D eigenvalue weighted by atomic mass is 32.1. The van der Waals surface area contributed by atoms with Gasteiger partial charge in [0.2, 0.25) is 0 Å². The molecule has 1 aromatic rings.